The normalized spacial score (nSPS) is 13.6. The number of hydrogen-bond donors (Lipinski definition) is 0. The van der Waals surface area contributed by atoms with Gasteiger partial charge in [0.1, 0.15) is 23.0 Å². The minimum Gasteiger partial charge on any atom is -0.496 e. The third kappa shape index (κ3) is 5.72. The Morgan fingerprint density at radius 3 is 1.47 bits per heavy atom. The van der Waals surface area contributed by atoms with Gasteiger partial charge in [-0.25, -0.2) is 0 Å². The van der Waals surface area contributed by atoms with Crippen LogP contribution in [0.25, 0.3) is 12.2 Å². The fourth-order valence-electron chi connectivity index (χ4n) is 3.73. The minimum absolute atomic E-state index is 0.0713. The molecule has 0 aliphatic heterocycles. The quantitative estimate of drug-likeness (QED) is 0.376. The summed E-state index contributed by atoms with van der Waals surface area (Å²) in [4.78, 5) is 0. The molecule has 2 aromatic carbocycles. The zero-order valence-corrected chi connectivity index (χ0v) is 21.1. The lowest BCUT2D eigenvalue weighted by atomic mass is 9.78. The van der Waals surface area contributed by atoms with Crippen LogP contribution >= 0.6 is 8.46 Å². The Morgan fingerprint density at radius 1 is 0.781 bits per heavy atom. The molecule has 5 nitrogen and oxygen atoms in total. The maximum Gasteiger partial charge on any atom is 0.188 e. The molecule has 1 atom stereocenters. The fourth-order valence-corrected chi connectivity index (χ4v) is 4.21. The second-order valence-electron chi connectivity index (χ2n) is 8.38. The summed E-state index contributed by atoms with van der Waals surface area (Å²) in [5, 5.41) is 0.711. The Balaban J connectivity index is 2.70. The maximum absolute atomic E-state index is 12.4. The van der Waals surface area contributed by atoms with Crippen LogP contribution in [-0.2, 0) is 4.57 Å². The van der Waals surface area contributed by atoms with Crippen LogP contribution < -0.4 is 18.9 Å². The van der Waals surface area contributed by atoms with Crippen LogP contribution in [0, 0.1) is 11.3 Å². The van der Waals surface area contributed by atoms with E-state index in [0.717, 1.165) is 28.2 Å². The van der Waals surface area contributed by atoms with E-state index in [-0.39, 0.29) is 19.8 Å². The lowest BCUT2D eigenvalue weighted by molar-refractivity contribution is 0.392. The number of rotatable bonds is 9. The first kappa shape index (κ1) is 25.5. The highest BCUT2D eigenvalue weighted by molar-refractivity contribution is 7.29. The zero-order chi connectivity index (χ0) is 23.9. The van der Waals surface area contributed by atoms with E-state index >= 15 is 0 Å². The van der Waals surface area contributed by atoms with Crippen molar-refractivity contribution in [3.63, 3.8) is 0 Å². The Labute approximate surface area is 193 Å². The third-order valence-corrected chi connectivity index (χ3v) is 6.13. The summed E-state index contributed by atoms with van der Waals surface area (Å²) in [5.41, 5.74) is 2.49. The lowest BCUT2D eigenvalue weighted by Gasteiger charge is -2.29. The van der Waals surface area contributed by atoms with Gasteiger partial charge in [0.05, 0.1) is 39.6 Å². The Kier molecular flexibility index (Phi) is 8.91. The largest absolute Gasteiger partial charge is 0.496 e. The summed E-state index contributed by atoms with van der Waals surface area (Å²) in [6.45, 7) is 8.47. The van der Waals surface area contributed by atoms with Gasteiger partial charge < -0.3 is 18.9 Å². The van der Waals surface area contributed by atoms with Gasteiger partial charge in [-0.15, -0.1) is 0 Å². The van der Waals surface area contributed by atoms with Gasteiger partial charge >= 0.3 is 0 Å². The fraction of sp³-hybridized carbons (Fsp3) is 0.385. The highest BCUT2D eigenvalue weighted by Gasteiger charge is 2.27. The minimum atomic E-state index is -0.208. The predicted molar refractivity (Wildman–Crippen MR) is 131 cm³/mol. The monoisotopic (exact) mass is 456 g/mol. The molecule has 0 N–H and O–H groups in total. The van der Waals surface area contributed by atoms with Gasteiger partial charge in [-0.1, -0.05) is 45.4 Å². The Bertz CT molecular complexity index is 957. The van der Waals surface area contributed by atoms with Crippen molar-refractivity contribution in [3.8, 4) is 23.0 Å². The number of benzene rings is 2. The van der Waals surface area contributed by atoms with E-state index in [1.165, 1.54) is 0 Å². The van der Waals surface area contributed by atoms with Crippen molar-refractivity contribution in [1.29, 1.82) is 0 Å². The van der Waals surface area contributed by atoms with Crippen molar-refractivity contribution in [2.24, 2.45) is 11.3 Å². The Morgan fingerprint density at radius 2 is 1.16 bits per heavy atom. The van der Waals surface area contributed by atoms with Gasteiger partial charge in [-0.2, -0.15) is 0 Å². The van der Waals surface area contributed by atoms with Crippen LogP contribution in [0.1, 0.15) is 38.8 Å². The first-order valence-corrected chi connectivity index (χ1v) is 11.2. The molecule has 0 saturated carbocycles. The van der Waals surface area contributed by atoms with Crippen LogP contribution in [0.4, 0.5) is 0 Å². The van der Waals surface area contributed by atoms with Crippen LogP contribution in [0.2, 0.25) is 0 Å². The highest BCUT2D eigenvalue weighted by atomic mass is 31.1. The van der Waals surface area contributed by atoms with E-state index in [2.05, 4.69) is 33.8 Å². The SMILES string of the molecule is COc1cccc(OC)c1C=C(P=O)C(C)C(=Cc1c(OC)cccc1OC)C(C)(C)C. The number of methoxy groups -OCH3 is 4. The average Bonchev–Trinajstić information content (AvgIpc) is 2.79. The maximum atomic E-state index is 12.4. The Hall–Kier alpha value is -2.78. The molecule has 0 fully saturated rings. The molecule has 0 saturated heterocycles. The first-order valence-electron chi connectivity index (χ1n) is 10.4. The van der Waals surface area contributed by atoms with E-state index in [1.54, 1.807) is 28.4 Å². The summed E-state index contributed by atoms with van der Waals surface area (Å²) in [7, 11) is 6.43. The second kappa shape index (κ2) is 11.2. The highest BCUT2D eigenvalue weighted by Crippen LogP contribution is 2.44. The molecule has 1 unspecified atom stereocenters. The van der Waals surface area contributed by atoms with Gasteiger partial charge in [0.15, 0.2) is 8.46 Å². The standard InChI is InChI=1S/C26H33O5P/c1-17(25(32-27)16-19-23(30-7)13-10-14-24(19)31-8)20(26(2,3)4)15-18-21(28-5)11-9-12-22(18)29-6/h9-17H,1-8H3. The molecule has 2 rings (SSSR count). The van der Waals surface area contributed by atoms with E-state index in [4.69, 9.17) is 18.9 Å². The molecule has 0 aliphatic rings. The van der Waals surface area contributed by atoms with Gasteiger partial charge in [-0.3, -0.25) is 4.57 Å². The van der Waals surface area contributed by atoms with Gasteiger partial charge in [0, 0.05) is 11.2 Å². The second-order valence-corrected chi connectivity index (χ2v) is 9.08. The van der Waals surface area contributed by atoms with Crippen molar-refractivity contribution in [2.75, 3.05) is 28.4 Å². The van der Waals surface area contributed by atoms with E-state index in [0.29, 0.717) is 16.8 Å². The molecule has 172 valence electrons. The van der Waals surface area contributed by atoms with Crippen molar-refractivity contribution < 1.29 is 23.5 Å². The molecule has 0 amide bonds. The van der Waals surface area contributed by atoms with Crippen molar-refractivity contribution >= 4 is 20.6 Å². The zero-order valence-electron chi connectivity index (χ0n) is 20.2. The number of allylic oxidation sites excluding steroid dienone is 2. The summed E-state index contributed by atoms with van der Waals surface area (Å²) < 4.78 is 34.6. The molecule has 0 aliphatic carbocycles. The molecule has 0 heterocycles. The topological polar surface area (TPSA) is 54.0 Å². The molecular weight excluding hydrogens is 423 g/mol. The summed E-state index contributed by atoms with van der Waals surface area (Å²) >= 11 is 0. The van der Waals surface area contributed by atoms with Crippen LogP contribution in [0.5, 0.6) is 23.0 Å². The van der Waals surface area contributed by atoms with Crippen molar-refractivity contribution in [3.05, 3.63) is 58.4 Å². The summed E-state index contributed by atoms with van der Waals surface area (Å²) in [5.74, 6) is 2.61. The molecule has 0 radical (unpaired) electrons. The van der Waals surface area contributed by atoms with Crippen LogP contribution in [0.15, 0.2) is 47.3 Å². The summed E-state index contributed by atoms with van der Waals surface area (Å²) in [6.07, 6.45) is 3.97. The van der Waals surface area contributed by atoms with E-state index in [9.17, 15) is 4.57 Å². The molecule has 0 aromatic heterocycles. The van der Waals surface area contributed by atoms with Crippen LogP contribution in [0.3, 0.4) is 0 Å². The van der Waals surface area contributed by atoms with Gasteiger partial charge in [-0.05, 0) is 41.8 Å². The van der Waals surface area contributed by atoms with Gasteiger partial charge in [0.25, 0.3) is 0 Å². The van der Waals surface area contributed by atoms with E-state index < -0.39 is 0 Å². The van der Waals surface area contributed by atoms with Crippen molar-refractivity contribution in [2.45, 2.75) is 27.7 Å². The number of ether oxygens (including phenoxy) is 4. The first-order chi connectivity index (χ1) is 15.2. The molecule has 2 aromatic rings. The number of hydrogen-bond acceptors (Lipinski definition) is 5. The summed E-state index contributed by atoms with van der Waals surface area (Å²) in [6, 6.07) is 11.3. The molecule has 0 spiro atoms. The lowest BCUT2D eigenvalue weighted by Crippen LogP contribution is -2.16. The average molecular weight is 457 g/mol. The molecule has 0 bridgehead atoms. The third-order valence-electron chi connectivity index (χ3n) is 5.41. The van der Waals surface area contributed by atoms with Gasteiger partial charge in [0.2, 0.25) is 0 Å². The molecule has 6 heteroatoms. The van der Waals surface area contributed by atoms with Crippen molar-refractivity contribution in [1.82, 2.24) is 0 Å². The van der Waals surface area contributed by atoms with Crippen LogP contribution in [-0.4, -0.2) is 28.4 Å². The molecular formula is C26H33O5P. The smallest absolute Gasteiger partial charge is 0.188 e. The predicted octanol–water partition coefficient (Wildman–Crippen LogP) is 7.12. The van der Waals surface area contributed by atoms with E-state index in [1.807, 2.05) is 42.5 Å². The molecule has 32 heavy (non-hydrogen) atoms.